The molecule has 0 N–H and O–H groups in total. The minimum absolute atomic E-state index is 0.195. The average molecular weight is 240 g/mol. The minimum atomic E-state index is -0.216. The van der Waals surface area contributed by atoms with Crippen molar-refractivity contribution in [1.82, 2.24) is 0 Å². The van der Waals surface area contributed by atoms with Crippen molar-refractivity contribution < 1.29 is 14.2 Å². The van der Waals surface area contributed by atoms with Crippen LogP contribution in [-0.4, -0.2) is 36.6 Å². The Morgan fingerprint density at radius 1 is 1.41 bits per heavy atom. The van der Waals surface area contributed by atoms with Crippen LogP contribution in [0.25, 0.3) is 0 Å². The second-order valence-corrected chi connectivity index (χ2v) is 5.94. The SMILES string of the molecule is C=CC[C@@]12COC[C@@](C)(C[C@H](OC(C)C)C1)O2. The normalized spacial score (nSPS) is 41.5. The molecule has 0 saturated carbocycles. The maximum absolute atomic E-state index is 6.27. The van der Waals surface area contributed by atoms with E-state index in [2.05, 4.69) is 27.4 Å². The van der Waals surface area contributed by atoms with Crippen LogP contribution in [-0.2, 0) is 14.2 Å². The third-order valence-corrected chi connectivity index (χ3v) is 3.48. The molecule has 2 fully saturated rings. The zero-order valence-corrected chi connectivity index (χ0v) is 11.2. The first-order chi connectivity index (χ1) is 7.97. The van der Waals surface area contributed by atoms with Crippen LogP contribution in [0.1, 0.15) is 40.0 Å². The van der Waals surface area contributed by atoms with Gasteiger partial charge in [0.15, 0.2) is 0 Å². The molecule has 3 atom stereocenters. The molecular weight excluding hydrogens is 216 g/mol. The first kappa shape index (κ1) is 13.1. The second kappa shape index (κ2) is 4.71. The molecular formula is C14H24O3. The van der Waals surface area contributed by atoms with Crippen LogP contribution in [0.4, 0.5) is 0 Å². The van der Waals surface area contributed by atoms with E-state index in [0.29, 0.717) is 13.2 Å². The van der Waals surface area contributed by atoms with Gasteiger partial charge in [-0.2, -0.15) is 0 Å². The predicted molar refractivity (Wildman–Crippen MR) is 67.1 cm³/mol. The molecule has 0 aromatic carbocycles. The van der Waals surface area contributed by atoms with Gasteiger partial charge in [0.25, 0.3) is 0 Å². The van der Waals surface area contributed by atoms with Gasteiger partial charge >= 0.3 is 0 Å². The van der Waals surface area contributed by atoms with E-state index in [-0.39, 0.29) is 23.4 Å². The Morgan fingerprint density at radius 3 is 2.82 bits per heavy atom. The molecule has 17 heavy (non-hydrogen) atoms. The standard InChI is InChI=1S/C14H24O3/c1-5-6-14-8-12(16-11(2)3)7-13(4,17-14)9-15-10-14/h5,11-12H,1,6-10H2,2-4H3/t12-,13+,14-/m0/s1. The summed E-state index contributed by atoms with van der Waals surface area (Å²) in [5, 5.41) is 0. The van der Waals surface area contributed by atoms with Gasteiger partial charge in [0.05, 0.1) is 36.6 Å². The van der Waals surface area contributed by atoms with E-state index in [1.54, 1.807) is 0 Å². The van der Waals surface area contributed by atoms with Crippen molar-refractivity contribution in [2.45, 2.75) is 63.4 Å². The van der Waals surface area contributed by atoms with Crippen LogP contribution in [0, 0.1) is 0 Å². The first-order valence-corrected chi connectivity index (χ1v) is 6.51. The van der Waals surface area contributed by atoms with E-state index in [0.717, 1.165) is 19.3 Å². The first-order valence-electron chi connectivity index (χ1n) is 6.51. The highest BCUT2D eigenvalue weighted by Crippen LogP contribution is 2.42. The third kappa shape index (κ3) is 2.90. The van der Waals surface area contributed by atoms with Gasteiger partial charge in [-0.3, -0.25) is 0 Å². The van der Waals surface area contributed by atoms with E-state index in [9.17, 15) is 0 Å². The maximum atomic E-state index is 6.27. The Bertz CT molecular complexity index is 289. The van der Waals surface area contributed by atoms with Gasteiger partial charge in [0, 0.05) is 12.8 Å². The summed E-state index contributed by atoms with van der Waals surface area (Å²) in [5.74, 6) is 0. The predicted octanol–water partition coefficient (Wildman–Crippen LogP) is 2.69. The van der Waals surface area contributed by atoms with Gasteiger partial charge in [0.1, 0.15) is 0 Å². The fourth-order valence-corrected chi connectivity index (χ4v) is 3.13. The molecule has 0 aromatic heterocycles. The monoisotopic (exact) mass is 240 g/mol. The number of hydrogen-bond donors (Lipinski definition) is 0. The molecule has 0 amide bonds. The van der Waals surface area contributed by atoms with E-state index in [1.807, 2.05) is 6.08 Å². The Kier molecular flexibility index (Phi) is 3.62. The summed E-state index contributed by atoms with van der Waals surface area (Å²) in [6.45, 7) is 11.5. The molecule has 0 spiro atoms. The topological polar surface area (TPSA) is 27.7 Å². The summed E-state index contributed by atoms with van der Waals surface area (Å²) < 4.78 is 18.0. The zero-order valence-electron chi connectivity index (χ0n) is 11.2. The van der Waals surface area contributed by atoms with Gasteiger partial charge in [-0.1, -0.05) is 6.08 Å². The van der Waals surface area contributed by atoms with E-state index < -0.39 is 0 Å². The Morgan fingerprint density at radius 2 is 2.18 bits per heavy atom. The maximum Gasteiger partial charge on any atom is 0.0982 e. The van der Waals surface area contributed by atoms with Crippen LogP contribution in [0.15, 0.2) is 12.7 Å². The summed E-state index contributed by atoms with van der Waals surface area (Å²) >= 11 is 0. The summed E-state index contributed by atoms with van der Waals surface area (Å²) in [5.41, 5.74) is -0.411. The van der Waals surface area contributed by atoms with Gasteiger partial charge in [-0.25, -0.2) is 0 Å². The number of rotatable bonds is 4. The Balaban J connectivity index is 2.13. The Hall–Kier alpha value is -0.380. The van der Waals surface area contributed by atoms with Gasteiger partial charge in [-0.15, -0.1) is 6.58 Å². The van der Waals surface area contributed by atoms with E-state index in [1.165, 1.54) is 0 Å². The van der Waals surface area contributed by atoms with E-state index >= 15 is 0 Å². The smallest absolute Gasteiger partial charge is 0.0982 e. The molecule has 3 heteroatoms. The van der Waals surface area contributed by atoms with Gasteiger partial charge in [-0.05, 0) is 27.2 Å². The molecule has 0 aliphatic carbocycles. The second-order valence-electron chi connectivity index (χ2n) is 5.94. The van der Waals surface area contributed by atoms with Crippen LogP contribution in [0.3, 0.4) is 0 Å². The molecule has 2 aliphatic rings. The van der Waals surface area contributed by atoms with E-state index in [4.69, 9.17) is 14.2 Å². The molecule has 2 bridgehead atoms. The lowest BCUT2D eigenvalue weighted by molar-refractivity contribution is -0.290. The quantitative estimate of drug-likeness (QED) is 0.707. The lowest BCUT2D eigenvalue weighted by Gasteiger charge is -2.53. The number of fused-ring (bicyclic) bond motifs is 2. The van der Waals surface area contributed by atoms with Crippen molar-refractivity contribution in [1.29, 1.82) is 0 Å². The van der Waals surface area contributed by atoms with Crippen molar-refractivity contribution in [3.05, 3.63) is 12.7 Å². The fraction of sp³-hybridized carbons (Fsp3) is 0.857. The summed E-state index contributed by atoms with van der Waals surface area (Å²) in [4.78, 5) is 0. The van der Waals surface area contributed by atoms with Crippen LogP contribution < -0.4 is 0 Å². The highest BCUT2D eigenvalue weighted by atomic mass is 16.6. The van der Waals surface area contributed by atoms with Crippen molar-refractivity contribution >= 4 is 0 Å². The van der Waals surface area contributed by atoms with Gasteiger partial charge in [0.2, 0.25) is 0 Å². The van der Waals surface area contributed by atoms with Crippen molar-refractivity contribution in [2.75, 3.05) is 13.2 Å². The molecule has 0 aromatic rings. The molecule has 2 aliphatic heterocycles. The lowest BCUT2D eigenvalue weighted by Crippen LogP contribution is -2.60. The van der Waals surface area contributed by atoms with Crippen molar-refractivity contribution in [2.24, 2.45) is 0 Å². The van der Waals surface area contributed by atoms with Crippen molar-refractivity contribution in [3.8, 4) is 0 Å². The van der Waals surface area contributed by atoms with Crippen LogP contribution >= 0.6 is 0 Å². The zero-order chi connectivity index (χ0) is 12.5. The molecule has 0 radical (unpaired) electrons. The number of ether oxygens (including phenoxy) is 3. The highest BCUT2D eigenvalue weighted by Gasteiger charge is 2.50. The molecule has 0 unspecified atom stereocenters. The lowest BCUT2D eigenvalue weighted by atomic mass is 9.81. The van der Waals surface area contributed by atoms with Crippen LogP contribution in [0.2, 0.25) is 0 Å². The summed E-state index contributed by atoms with van der Waals surface area (Å²) in [6.07, 6.45) is 5.13. The molecule has 3 nitrogen and oxygen atoms in total. The Labute approximate surface area is 104 Å². The minimum Gasteiger partial charge on any atom is -0.375 e. The molecule has 98 valence electrons. The molecule has 2 saturated heterocycles. The highest BCUT2D eigenvalue weighted by molar-refractivity contribution is 5.01. The van der Waals surface area contributed by atoms with Crippen molar-refractivity contribution in [3.63, 3.8) is 0 Å². The molecule has 2 heterocycles. The largest absolute Gasteiger partial charge is 0.375 e. The fourth-order valence-electron chi connectivity index (χ4n) is 3.13. The average Bonchev–Trinajstić information content (AvgIpc) is 2.13. The third-order valence-electron chi connectivity index (χ3n) is 3.48. The summed E-state index contributed by atoms with van der Waals surface area (Å²) in [6, 6.07) is 0. The number of hydrogen-bond acceptors (Lipinski definition) is 3. The molecule has 2 rings (SSSR count). The summed E-state index contributed by atoms with van der Waals surface area (Å²) in [7, 11) is 0. The van der Waals surface area contributed by atoms with Gasteiger partial charge < -0.3 is 14.2 Å². The van der Waals surface area contributed by atoms with Crippen LogP contribution in [0.5, 0.6) is 0 Å².